The van der Waals surface area contributed by atoms with Gasteiger partial charge in [0, 0.05) is 22.8 Å². The topological polar surface area (TPSA) is 25.2 Å². The fourth-order valence-corrected chi connectivity index (χ4v) is 1.56. The second kappa shape index (κ2) is 4.41. The van der Waals surface area contributed by atoms with Crippen LogP contribution in [0.5, 0.6) is 0 Å². The van der Waals surface area contributed by atoms with Gasteiger partial charge < -0.3 is 9.73 Å². The van der Waals surface area contributed by atoms with Crippen molar-refractivity contribution >= 4 is 17.3 Å². The van der Waals surface area contributed by atoms with E-state index in [0.717, 1.165) is 28.4 Å². The van der Waals surface area contributed by atoms with E-state index in [9.17, 15) is 0 Å². The van der Waals surface area contributed by atoms with Crippen molar-refractivity contribution in [3.63, 3.8) is 0 Å². The Balaban J connectivity index is 2.08. The van der Waals surface area contributed by atoms with Crippen LogP contribution < -0.4 is 5.32 Å². The summed E-state index contributed by atoms with van der Waals surface area (Å²) in [5, 5.41) is 4.10. The molecular formula is C12H12ClNO. The summed E-state index contributed by atoms with van der Waals surface area (Å²) in [4.78, 5) is 0. The number of furan rings is 1. The highest BCUT2D eigenvalue weighted by molar-refractivity contribution is 6.31. The Morgan fingerprint density at radius 1 is 1.33 bits per heavy atom. The third-order valence-electron chi connectivity index (χ3n) is 2.33. The average molecular weight is 222 g/mol. The molecule has 0 saturated carbocycles. The third kappa shape index (κ3) is 2.34. The van der Waals surface area contributed by atoms with Gasteiger partial charge in [-0.05, 0) is 30.7 Å². The van der Waals surface area contributed by atoms with Crippen LogP contribution in [-0.4, -0.2) is 0 Å². The standard InChI is InChI=1S/C12H12ClNO/c1-9-11(13)3-2-4-12(9)14-7-10-5-6-15-8-10/h2-6,8,14H,7H2,1H3. The molecule has 2 nitrogen and oxygen atoms in total. The van der Waals surface area contributed by atoms with E-state index in [1.807, 2.05) is 31.2 Å². The van der Waals surface area contributed by atoms with Crippen molar-refractivity contribution < 1.29 is 4.42 Å². The zero-order valence-corrected chi connectivity index (χ0v) is 9.21. The maximum absolute atomic E-state index is 6.02. The zero-order valence-electron chi connectivity index (χ0n) is 8.46. The lowest BCUT2D eigenvalue weighted by Gasteiger charge is -2.09. The molecule has 0 bridgehead atoms. The Labute approximate surface area is 93.9 Å². The van der Waals surface area contributed by atoms with E-state index < -0.39 is 0 Å². The monoisotopic (exact) mass is 221 g/mol. The summed E-state index contributed by atoms with van der Waals surface area (Å²) in [5.41, 5.74) is 3.25. The summed E-state index contributed by atoms with van der Waals surface area (Å²) in [7, 11) is 0. The van der Waals surface area contributed by atoms with Gasteiger partial charge in [0.15, 0.2) is 0 Å². The van der Waals surface area contributed by atoms with Gasteiger partial charge in [-0.15, -0.1) is 0 Å². The molecule has 78 valence electrons. The summed E-state index contributed by atoms with van der Waals surface area (Å²) in [6, 6.07) is 7.78. The van der Waals surface area contributed by atoms with E-state index in [0.29, 0.717) is 0 Å². The molecule has 0 radical (unpaired) electrons. The highest BCUT2D eigenvalue weighted by atomic mass is 35.5. The van der Waals surface area contributed by atoms with Crippen molar-refractivity contribution in [3.05, 3.63) is 52.9 Å². The Hall–Kier alpha value is -1.41. The number of benzene rings is 1. The van der Waals surface area contributed by atoms with Crippen LogP contribution in [0.25, 0.3) is 0 Å². The van der Waals surface area contributed by atoms with Crippen LogP contribution in [0.15, 0.2) is 41.2 Å². The van der Waals surface area contributed by atoms with Crippen molar-refractivity contribution in [2.24, 2.45) is 0 Å². The predicted molar refractivity (Wildman–Crippen MR) is 62.2 cm³/mol. The summed E-state index contributed by atoms with van der Waals surface area (Å²) in [6.45, 7) is 2.75. The molecule has 1 heterocycles. The molecule has 3 heteroatoms. The van der Waals surface area contributed by atoms with Crippen molar-refractivity contribution in [2.75, 3.05) is 5.32 Å². The maximum atomic E-state index is 6.02. The molecule has 0 unspecified atom stereocenters. The number of nitrogens with one attached hydrogen (secondary N) is 1. The van der Waals surface area contributed by atoms with Crippen LogP contribution in [0.4, 0.5) is 5.69 Å². The minimum absolute atomic E-state index is 0.748. The van der Waals surface area contributed by atoms with E-state index in [2.05, 4.69) is 5.32 Å². The molecule has 0 fully saturated rings. The van der Waals surface area contributed by atoms with Crippen molar-refractivity contribution in [1.82, 2.24) is 0 Å². The summed E-state index contributed by atoms with van der Waals surface area (Å²) >= 11 is 6.02. The molecule has 1 N–H and O–H groups in total. The first-order chi connectivity index (χ1) is 7.27. The Morgan fingerprint density at radius 2 is 2.20 bits per heavy atom. The Bertz CT molecular complexity index is 437. The van der Waals surface area contributed by atoms with Gasteiger partial charge in [-0.3, -0.25) is 0 Å². The molecule has 1 aromatic carbocycles. The first kappa shape index (κ1) is 10.1. The predicted octanol–water partition coefficient (Wildman–Crippen LogP) is 3.85. The molecule has 0 spiro atoms. The van der Waals surface area contributed by atoms with Gasteiger partial charge in [-0.25, -0.2) is 0 Å². The molecule has 0 saturated heterocycles. The lowest BCUT2D eigenvalue weighted by molar-refractivity contribution is 0.564. The molecule has 2 rings (SSSR count). The van der Waals surface area contributed by atoms with Gasteiger partial charge >= 0.3 is 0 Å². The van der Waals surface area contributed by atoms with Crippen LogP contribution in [0.2, 0.25) is 5.02 Å². The number of hydrogen-bond acceptors (Lipinski definition) is 2. The Morgan fingerprint density at radius 3 is 2.93 bits per heavy atom. The zero-order chi connectivity index (χ0) is 10.7. The average Bonchev–Trinajstić information content (AvgIpc) is 2.73. The molecule has 0 amide bonds. The number of halogens is 1. The van der Waals surface area contributed by atoms with Crippen LogP contribution in [-0.2, 0) is 6.54 Å². The highest BCUT2D eigenvalue weighted by Gasteiger charge is 2.01. The van der Waals surface area contributed by atoms with E-state index in [-0.39, 0.29) is 0 Å². The normalized spacial score (nSPS) is 10.3. The first-order valence-electron chi connectivity index (χ1n) is 4.77. The summed E-state index contributed by atoms with van der Waals surface area (Å²) in [6.07, 6.45) is 3.40. The number of anilines is 1. The fraction of sp³-hybridized carbons (Fsp3) is 0.167. The minimum atomic E-state index is 0.748. The van der Waals surface area contributed by atoms with E-state index in [4.69, 9.17) is 16.0 Å². The van der Waals surface area contributed by atoms with Crippen LogP contribution in [0, 0.1) is 6.92 Å². The van der Waals surface area contributed by atoms with Gasteiger partial charge in [-0.2, -0.15) is 0 Å². The molecule has 0 atom stereocenters. The molecule has 2 aromatic rings. The highest BCUT2D eigenvalue weighted by Crippen LogP contribution is 2.23. The van der Waals surface area contributed by atoms with E-state index >= 15 is 0 Å². The van der Waals surface area contributed by atoms with Crippen molar-refractivity contribution in [2.45, 2.75) is 13.5 Å². The van der Waals surface area contributed by atoms with Gasteiger partial charge in [0.05, 0.1) is 12.5 Å². The molecule has 0 aliphatic rings. The number of hydrogen-bond donors (Lipinski definition) is 1. The first-order valence-corrected chi connectivity index (χ1v) is 5.15. The molecule has 15 heavy (non-hydrogen) atoms. The second-order valence-corrected chi connectivity index (χ2v) is 3.80. The molecule has 0 aliphatic carbocycles. The second-order valence-electron chi connectivity index (χ2n) is 3.40. The van der Waals surface area contributed by atoms with Gasteiger partial charge in [-0.1, -0.05) is 17.7 Å². The van der Waals surface area contributed by atoms with Crippen LogP contribution in [0.1, 0.15) is 11.1 Å². The van der Waals surface area contributed by atoms with Crippen molar-refractivity contribution in [1.29, 1.82) is 0 Å². The van der Waals surface area contributed by atoms with E-state index in [1.54, 1.807) is 12.5 Å². The van der Waals surface area contributed by atoms with Crippen molar-refractivity contribution in [3.8, 4) is 0 Å². The Kier molecular flexibility index (Phi) is 2.97. The van der Waals surface area contributed by atoms with Gasteiger partial charge in [0.25, 0.3) is 0 Å². The number of rotatable bonds is 3. The summed E-state index contributed by atoms with van der Waals surface area (Å²) in [5.74, 6) is 0. The lowest BCUT2D eigenvalue weighted by atomic mass is 10.2. The smallest absolute Gasteiger partial charge is 0.0952 e. The molecular weight excluding hydrogens is 210 g/mol. The molecule has 1 aromatic heterocycles. The largest absolute Gasteiger partial charge is 0.472 e. The van der Waals surface area contributed by atoms with Crippen LogP contribution >= 0.6 is 11.6 Å². The van der Waals surface area contributed by atoms with Gasteiger partial charge in [0.2, 0.25) is 0 Å². The lowest BCUT2D eigenvalue weighted by Crippen LogP contribution is -1.99. The van der Waals surface area contributed by atoms with Crippen LogP contribution in [0.3, 0.4) is 0 Å². The summed E-state index contributed by atoms with van der Waals surface area (Å²) < 4.78 is 4.99. The third-order valence-corrected chi connectivity index (χ3v) is 2.74. The van der Waals surface area contributed by atoms with Gasteiger partial charge in [0.1, 0.15) is 0 Å². The fourth-order valence-electron chi connectivity index (χ4n) is 1.39. The quantitative estimate of drug-likeness (QED) is 0.852. The minimum Gasteiger partial charge on any atom is -0.472 e. The van der Waals surface area contributed by atoms with E-state index in [1.165, 1.54) is 0 Å². The molecule has 0 aliphatic heterocycles. The maximum Gasteiger partial charge on any atom is 0.0952 e. The SMILES string of the molecule is Cc1c(Cl)cccc1NCc1ccoc1.